The first kappa shape index (κ1) is 18.0. The van der Waals surface area contributed by atoms with Gasteiger partial charge in [-0.2, -0.15) is 0 Å². The minimum absolute atomic E-state index is 0.0171. The number of carbonyl (C=O) groups excluding carboxylic acids is 1. The zero-order valence-electron chi connectivity index (χ0n) is 15.0. The van der Waals surface area contributed by atoms with Crippen LogP contribution in [0, 0.1) is 5.41 Å². The van der Waals surface area contributed by atoms with Crippen molar-refractivity contribution in [1.29, 1.82) is 0 Å². The summed E-state index contributed by atoms with van der Waals surface area (Å²) in [5.74, 6) is 0. The van der Waals surface area contributed by atoms with Crippen molar-refractivity contribution in [2.45, 2.75) is 57.0 Å². The van der Waals surface area contributed by atoms with Gasteiger partial charge in [0.25, 0.3) is 0 Å². The predicted octanol–water partition coefficient (Wildman–Crippen LogP) is 1.75. The lowest BCUT2D eigenvalue weighted by Crippen LogP contribution is -2.56. The highest BCUT2D eigenvalue weighted by Crippen LogP contribution is 2.44. The molecule has 2 N–H and O–H groups in total. The fraction of sp³-hybridized carbons (Fsp3) is 0.944. The number of methoxy groups -OCH3 is 1. The number of ether oxygens (including phenoxy) is 2. The molecule has 0 aromatic carbocycles. The van der Waals surface area contributed by atoms with Crippen molar-refractivity contribution in [3.63, 3.8) is 0 Å². The third-order valence-electron chi connectivity index (χ3n) is 6.12. The molecule has 2 heterocycles. The van der Waals surface area contributed by atoms with Crippen molar-refractivity contribution in [1.82, 2.24) is 15.5 Å². The van der Waals surface area contributed by atoms with E-state index < -0.39 is 0 Å². The van der Waals surface area contributed by atoms with Gasteiger partial charge in [0, 0.05) is 50.8 Å². The van der Waals surface area contributed by atoms with Crippen LogP contribution in [0.25, 0.3) is 0 Å². The first-order valence-electron chi connectivity index (χ1n) is 9.58. The Morgan fingerprint density at radius 3 is 2.67 bits per heavy atom. The standard InChI is InChI=1S/C18H33N3O3/c1-23-13-11-21-9-4-15(5-10-21)19-17(22)20-16-6-12-24-14-18(16)7-2-3-8-18/h15-16H,2-14H2,1H3,(H2,19,20,22). The van der Waals surface area contributed by atoms with Gasteiger partial charge in [-0.25, -0.2) is 4.79 Å². The van der Waals surface area contributed by atoms with E-state index in [0.717, 1.165) is 58.7 Å². The summed E-state index contributed by atoms with van der Waals surface area (Å²) in [6.07, 6.45) is 7.91. The van der Waals surface area contributed by atoms with E-state index in [2.05, 4.69) is 15.5 Å². The van der Waals surface area contributed by atoms with E-state index in [0.29, 0.717) is 6.04 Å². The summed E-state index contributed by atoms with van der Waals surface area (Å²) < 4.78 is 10.9. The quantitative estimate of drug-likeness (QED) is 0.801. The first-order valence-corrected chi connectivity index (χ1v) is 9.58. The van der Waals surface area contributed by atoms with Gasteiger partial charge in [0.1, 0.15) is 0 Å². The lowest BCUT2D eigenvalue weighted by Gasteiger charge is -2.42. The molecule has 0 bridgehead atoms. The van der Waals surface area contributed by atoms with Crippen LogP contribution in [0.1, 0.15) is 44.9 Å². The molecule has 0 aromatic rings. The molecule has 6 nitrogen and oxygen atoms in total. The number of amides is 2. The molecule has 138 valence electrons. The van der Waals surface area contributed by atoms with Crippen LogP contribution < -0.4 is 10.6 Å². The summed E-state index contributed by atoms with van der Waals surface area (Å²) in [5, 5.41) is 6.48. The maximum absolute atomic E-state index is 12.5. The second kappa shape index (κ2) is 8.50. The highest BCUT2D eigenvalue weighted by atomic mass is 16.5. The van der Waals surface area contributed by atoms with Crippen LogP contribution in [-0.2, 0) is 9.47 Å². The zero-order valence-corrected chi connectivity index (χ0v) is 15.0. The molecule has 1 unspecified atom stereocenters. The Kier molecular flexibility index (Phi) is 6.36. The smallest absolute Gasteiger partial charge is 0.315 e. The molecule has 3 fully saturated rings. The fourth-order valence-corrected chi connectivity index (χ4v) is 4.59. The maximum atomic E-state index is 12.5. The van der Waals surface area contributed by atoms with E-state index in [1.807, 2.05) is 0 Å². The van der Waals surface area contributed by atoms with Crippen LogP contribution in [0.15, 0.2) is 0 Å². The van der Waals surface area contributed by atoms with Gasteiger partial charge in [-0.05, 0) is 32.1 Å². The second-order valence-corrected chi connectivity index (χ2v) is 7.69. The number of piperidine rings is 1. The topological polar surface area (TPSA) is 62.8 Å². The van der Waals surface area contributed by atoms with Gasteiger partial charge in [0.2, 0.25) is 0 Å². The van der Waals surface area contributed by atoms with E-state index >= 15 is 0 Å². The Bertz CT molecular complexity index is 404. The van der Waals surface area contributed by atoms with Gasteiger partial charge in [-0.3, -0.25) is 0 Å². The minimum atomic E-state index is 0.0171. The van der Waals surface area contributed by atoms with Crippen molar-refractivity contribution >= 4 is 6.03 Å². The lowest BCUT2D eigenvalue weighted by atomic mass is 9.76. The van der Waals surface area contributed by atoms with Gasteiger partial charge < -0.3 is 25.0 Å². The normalized spacial score (nSPS) is 28.1. The summed E-state index contributed by atoms with van der Waals surface area (Å²) in [6, 6.07) is 0.585. The summed E-state index contributed by atoms with van der Waals surface area (Å²) in [7, 11) is 1.74. The van der Waals surface area contributed by atoms with Crippen LogP contribution in [0.2, 0.25) is 0 Å². The number of nitrogens with one attached hydrogen (secondary N) is 2. The molecule has 2 amide bonds. The van der Waals surface area contributed by atoms with Crippen LogP contribution in [0.5, 0.6) is 0 Å². The number of likely N-dealkylation sites (tertiary alicyclic amines) is 1. The molecular weight excluding hydrogens is 306 g/mol. The van der Waals surface area contributed by atoms with E-state index in [9.17, 15) is 4.79 Å². The Morgan fingerprint density at radius 2 is 1.96 bits per heavy atom. The zero-order chi connectivity index (χ0) is 16.8. The van der Waals surface area contributed by atoms with Gasteiger partial charge >= 0.3 is 6.03 Å². The Hall–Kier alpha value is -0.850. The Morgan fingerprint density at radius 1 is 1.21 bits per heavy atom. The van der Waals surface area contributed by atoms with Crippen molar-refractivity contribution < 1.29 is 14.3 Å². The molecule has 3 rings (SSSR count). The van der Waals surface area contributed by atoms with Gasteiger partial charge in [-0.15, -0.1) is 0 Å². The van der Waals surface area contributed by atoms with Gasteiger partial charge in [0.05, 0.1) is 13.2 Å². The summed E-state index contributed by atoms with van der Waals surface area (Å²) >= 11 is 0. The number of rotatable bonds is 5. The highest BCUT2D eigenvalue weighted by molar-refractivity contribution is 5.74. The third-order valence-corrected chi connectivity index (χ3v) is 6.12. The van der Waals surface area contributed by atoms with Crippen molar-refractivity contribution in [2.75, 3.05) is 46.6 Å². The molecule has 2 aliphatic heterocycles. The molecule has 1 aliphatic carbocycles. The number of hydrogen-bond donors (Lipinski definition) is 2. The average molecular weight is 339 g/mol. The van der Waals surface area contributed by atoms with Crippen molar-refractivity contribution in [2.24, 2.45) is 5.41 Å². The fourth-order valence-electron chi connectivity index (χ4n) is 4.59. The van der Waals surface area contributed by atoms with Crippen molar-refractivity contribution in [3.8, 4) is 0 Å². The maximum Gasteiger partial charge on any atom is 0.315 e. The molecular formula is C18H33N3O3. The van der Waals surface area contributed by atoms with E-state index in [-0.39, 0.29) is 17.5 Å². The van der Waals surface area contributed by atoms with E-state index in [1.54, 1.807) is 7.11 Å². The summed E-state index contributed by atoms with van der Waals surface area (Å²) in [6.45, 7) is 5.43. The lowest BCUT2D eigenvalue weighted by molar-refractivity contribution is -0.0265. The van der Waals surface area contributed by atoms with Crippen LogP contribution >= 0.6 is 0 Å². The number of hydrogen-bond acceptors (Lipinski definition) is 4. The van der Waals surface area contributed by atoms with Crippen LogP contribution in [0.3, 0.4) is 0 Å². The molecule has 1 atom stereocenters. The molecule has 0 radical (unpaired) electrons. The SMILES string of the molecule is COCCN1CCC(NC(=O)NC2CCOCC23CCCC3)CC1. The summed E-state index contributed by atoms with van der Waals surface area (Å²) in [4.78, 5) is 14.9. The van der Waals surface area contributed by atoms with Crippen LogP contribution in [-0.4, -0.2) is 69.6 Å². The predicted molar refractivity (Wildman–Crippen MR) is 93.1 cm³/mol. The first-order chi connectivity index (χ1) is 11.7. The average Bonchev–Trinajstić information content (AvgIpc) is 3.06. The Balaban J connectivity index is 1.42. The molecule has 24 heavy (non-hydrogen) atoms. The Labute approximate surface area is 145 Å². The molecule has 0 aromatic heterocycles. The van der Waals surface area contributed by atoms with Crippen molar-refractivity contribution in [3.05, 3.63) is 0 Å². The largest absolute Gasteiger partial charge is 0.383 e. The molecule has 2 saturated heterocycles. The highest BCUT2D eigenvalue weighted by Gasteiger charge is 2.44. The monoisotopic (exact) mass is 339 g/mol. The molecule has 3 aliphatic rings. The molecule has 1 spiro atoms. The third kappa shape index (κ3) is 4.41. The molecule has 1 saturated carbocycles. The van der Waals surface area contributed by atoms with Gasteiger partial charge in [-0.1, -0.05) is 12.8 Å². The number of urea groups is 1. The minimum Gasteiger partial charge on any atom is -0.383 e. The van der Waals surface area contributed by atoms with E-state index in [1.165, 1.54) is 25.7 Å². The second-order valence-electron chi connectivity index (χ2n) is 7.69. The summed E-state index contributed by atoms with van der Waals surface area (Å²) in [5.41, 5.74) is 0.194. The number of carbonyl (C=O) groups is 1. The molecule has 6 heteroatoms. The van der Waals surface area contributed by atoms with Gasteiger partial charge in [0.15, 0.2) is 0 Å². The van der Waals surface area contributed by atoms with Crippen LogP contribution in [0.4, 0.5) is 4.79 Å². The van der Waals surface area contributed by atoms with E-state index in [4.69, 9.17) is 9.47 Å². The number of nitrogens with zero attached hydrogens (tertiary/aromatic N) is 1.